The molecular weight excluding hydrogens is 470 g/mol. The lowest BCUT2D eigenvalue weighted by Crippen LogP contribution is -2.15. The van der Waals surface area contributed by atoms with Crippen molar-refractivity contribution in [1.29, 1.82) is 0 Å². The Kier molecular flexibility index (Phi) is 6.38. The minimum absolute atomic E-state index is 0.0376. The first-order valence-electron chi connectivity index (χ1n) is 8.46. The molecular formula is C17H18ClN5O6S2. The lowest BCUT2D eigenvalue weighted by Gasteiger charge is -2.21. The van der Waals surface area contributed by atoms with Crippen molar-refractivity contribution in [1.82, 2.24) is 15.0 Å². The topological polar surface area (TPSA) is 169 Å². The molecule has 31 heavy (non-hydrogen) atoms. The molecule has 0 aliphatic rings. The molecule has 2 aromatic carbocycles. The fraction of sp³-hybridized carbons (Fsp3) is 0.118. The van der Waals surface area contributed by atoms with Crippen LogP contribution in [0.2, 0.25) is 5.28 Å². The van der Waals surface area contributed by atoms with Gasteiger partial charge in [-0.1, -0.05) is 0 Å². The van der Waals surface area contributed by atoms with Gasteiger partial charge in [0.05, 0.1) is 9.79 Å². The Labute approximate surface area is 184 Å². The third-order valence-corrected chi connectivity index (χ3v) is 6.23. The molecule has 0 aliphatic heterocycles. The van der Waals surface area contributed by atoms with Crippen LogP contribution in [0.3, 0.4) is 0 Å². The van der Waals surface area contributed by atoms with Crippen molar-refractivity contribution in [3.63, 3.8) is 0 Å². The molecule has 0 atom stereocenters. The summed E-state index contributed by atoms with van der Waals surface area (Å²) in [6.07, 6.45) is 0. The van der Waals surface area contributed by atoms with Gasteiger partial charge in [-0.2, -0.15) is 23.4 Å². The first kappa shape index (κ1) is 23.1. The summed E-state index contributed by atoms with van der Waals surface area (Å²) in [6, 6.07) is 9.93. The summed E-state index contributed by atoms with van der Waals surface area (Å²) >= 11 is 6.01. The summed E-state index contributed by atoms with van der Waals surface area (Å²) in [5.41, 5.74) is 1.34. The standard InChI is InChI=1S/C17H18ClN5O6S2/c1-10-9-11(3-8-14(10)31(27,28)29)19-16-20-15(18)21-17(22-16)23(2)12-4-6-13(7-5-12)30(24,25)26/h3-9,24-26H,1-2H3,(H,27,28,29)(H,19,20,21,22). The highest BCUT2D eigenvalue weighted by molar-refractivity contribution is 8.19. The van der Waals surface area contributed by atoms with Gasteiger partial charge in [-0.15, -0.1) is 0 Å². The lowest BCUT2D eigenvalue weighted by atomic mass is 10.2. The number of benzene rings is 2. The van der Waals surface area contributed by atoms with E-state index in [1.165, 1.54) is 49.4 Å². The number of nitrogens with zero attached hydrogens (tertiary/aromatic N) is 4. The number of nitrogens with one attached hydrogen (secondary N) is 1. The molecule has 11 nitrogen and oxygen atoms in total. The molecule has 0 bridgehead atoms. The molecule has 1 heterocycles. The molecule has 5 N–H and O–H groups in total. The SMILES string of the molecule is Cc1cc(Nc2nc(Cl)nc(N(C)c3ccc(S(O)(O)O)cc3)n2)ccc1S(=O)(=O)O. The second kappa shape index (κ2) is 8.55. The van der Waals surface area contributed by atoms with E-state index in [2.05, 4.69) is 20.3 Å². The Balaban J connectivity index is 1.87. The number of aromatic nitrogens is 3. The van der Waals surface area contributed by atoms with Gasteiger partial charge in [0.15, 0.2) is 0 Å². The van der Waals surface area contributed by atoms with E-state index in [0.717, 1.165) is 0 Å². The Morgan fingerprint density at radius 1 is 0.968 bits per heavy atom. The maximum atomic E-state index is 11.3. The summed E-state index contributed by atoms with van der Waals surface area (Å²) in [5, 5.41) is 2.79. The fourth-order valence-corrected chi connectivity index (χ4v) is 4.02. The van der Waals surface area contributed by atoms with E-state index in [-0.39, 0.29) is 27.0 Å². The predicted molar refractivity (Wildman–Crippen MR) is 117 cm³/mol. The van der Waals surface area contributed by atoms with Crippen LogP contribution < -0.4 is 10.2 Å². The fourth-order valence-electron chi connectivity index (χ4n) is 2.66. The Morgan fingerprint density at radius 2 is 1.61 bits per heavy atom. The van der Waals surface area contributed by atoms with E-state index in [0.29, 0.717) is 16.9 Å². The van der Waals surface area contributed by atoms with Crippen LogP contribution >= 0.6 is 22.5 Å². The van der Waals surface area contributed by atoms with E-state index in [1.54, 1.807) is 11.9 Å². The minimum atomic E-state index is -4.33. The van der Waals surface area contributed by atoms with Gasteiger partial charge in [0.1, 0.15) is 10.9 Å². The molecule has 0 unspecified atom stereocenters. The van der Waals surface area contributed by atoms with E-state index >= 15 is 0 Å². The van der Waals surface area contributed by atoms with Crippen molar-refractivity contribution < 1.29 is 26.6 Å². The van der Waals surface area contributed by atoms with Crippen molar-refractivity contribution in [2.45, 2.75) is 16.7 Å². The van der Waals surface area contributed by atoms with Gasteiger partial charge in [0, 0.05) is 18.4 Å². The first-order chi connectivity index (χ1) is 14.3. The lowest BCUT2D eigenvalue weighted by molar-refractivity contribution is 0.376. The van der Waals surface area contributed by atoms with Crippen molar-refractivity contribution in [3.05, 3.63) is 53.3 Å². The maximum absolute atomic E-state index is 11.3. The molecule has 0 amide bonds. The minimum Gasteiger partial charge on any atom is -0.324 e. The molecule has 0 saturated carbocycles. The number of hydrogen-bond acceptors (Lipinski definition) is 10. The van der Waals surface area contributed by atoms with E-state index < -0.39 is 21.0 Å². The highest BCUT2D eigenvalue weighted by Gasteiger charge is 2.17. The third-order valence-electron chi connectivity index (χ3n) is 4.15. The average Bonchev–Trinajstić information content (AvgIpc) is 2.65. The van der Waals surface area contributed by atoms with Crippen LogP contribution in [-0.2, 0) is 10.1 Å². The monoisotopic (exact) mass is 487 g/mol. The van der Waals surface area contributed by atoms with Crippen molar-refractivity contribution in [3.8, 4) is 0 Å². The molecule has 14 heteroatoms. The second-order valence-electron chi connectivity index (χ2n) is 6.38. The van der Waals surface area contributed by atoms with Gasteiger partial charge in [0.25, 0.3) is 10.1 Å². The molecule has 166 valence electrons. The van der Waals surface area contributed by atoms with E-state index in [4.69, 9.17) is 11.6 Å². The van der Waals surface area contributed by atoms with Crippen molar-refractivity contribution >= 4 is 55.9 Å². The van der Waals surface area contributed by atoms with Crippen LogP contribution in [0.5, 0.6) is 0 Å². The summed E-state index contributed by atoms with van der Waals surface area (Å²) in [5.74, 6) is 0.249. The number of hydrogen-bond donors (Lipinski definition) is 5. The zero-order chi connectivity index (χ0) is 23.0. The zero-order valence-electron chi connectivity index (χ0n) is 16.1. The van der Waals surface area contributed by atoms with Gasteiger partial charge >= 0.3 is 0 Å². The van der Waals surface area contributed by atoms with Gasteiger partial charge < -0.3 is 23.9 Å². The van der Waals surface area contributed by atoms with Gasteiger partial charge in [-0.3, -0.25) is 4.55 Å². The molecule has 1 aromatic heterocycles. The normalized spacial score (nSPS) is 12.5. The number of aryl methyl sites for hydroxylation is 1. The average molecular weight is 488 g/mol. The zero-order valence-corrected chi connectivity index (χ0v) is 18.5. The molecule has 0 fully saturated rings. The number of rotatable bonds is 6. The highest BCUT2D eigenvalue weighted by atomic mass is 35.5. The Hall–Kier alpha value is -2.52. The van der Waals surface area contributed by atoms with Crippen LogP contribution in [0.4, 0.5) is 23.3 Å². The van der Waals surface area contributed by atoms with Crippen LogP contribution in [0.25, 0.3) is 0 Å². The predicted octanol–water partition coefficient (Wildman–Crippen LogP) is 4.17. The molecule has 3 rings (SSSR count). The van der Waals surface area contributed by atoms with Crippen LogP contribution in [-0.4, -0.2) is 48.6 Å². The van der Waals surface area contributed by atoms with Crippen molar-refractivity contribution in [2.24, 2.45) is 0 Å². The highest BCUT2D eigenvalue weighted by Crippen LogP contribution is 2.43. The number of anilines is 4. The first-order valence-corrected chi connectivity index (χ1v) is 11.8. The quantitative estimate of drug-likeness (QED) is 0.316. The van der Waals surface area contributed by atoms with Gasteiger partial charge in [-0.25, -0.2) is 0 Å². The summed E-state index contributed by atoms with van der Waals surface area (Å²) in [4.78, 5) is 13.6. The third kappa shape index (κ3) is 5.59. The van der Waals surface area contributed by atoms with Crippen LogP contribution in [0.1, 0.15) is 5.56 Å². The molecule has 0 aliphatic carbocycles. The summed E-state index contributed by atoms with van der Waals surface area (Å²) < 4.78 is 59.8. The largest absolute Gasteiger partial charge is 0.324 e. The second-order valence-corrected chi connectivity index (χ2v) is 9.62. The van der Waals surface area contributed by atoms with Gasteiger partial charge in [0.2, 0.25) is 17.2 Å². The summed E-state index contributed by atoms with van der Waals surface area (Å²) in [6.45, 7) is 1.53. The molecule has 3 aromatic rings. The van der Waals surface area contributed by atoms with Crippen molar-refractivity contribution in [2.75, 3.05) is 17.3 Å². The molecule has 0 spiro atoms. The Morgan fingerprint density at radius 3 is 2.16 bits per heavy atom. The van der Waals surface area contributed by atoms with Crippen LogP contribution in [0, 0.1) is 6.92 Å². The number of halogens is 1. The van der Waals surface area contributed by atoms with E-state index in [1.807, 2.05) is 0 Å². The smallest absolute Gasteiger partial charge is 0.294 e. The van der Waals surface area contributed by atoms with Crippen LogP contribution in [0.15, 0.2) is 52.3 Å². The maximum Gasteiger partial charge on any atom is 0.294 e. The molecule has 0 radical (unpaired) electrons. The van der Waals surface area contributed by atoms with E-state index in [9.17, 15) is 26.6 Å². The Bertz CT molecular complexity index is 1220. The molecule has 0 saturated heterocycles. The van der Waals surface area contributed by atoms with Gasteiger partial charge in [-0.05, 0) is 66.6 Å². The summed E-state index contributed by atoms with van der Waals surface area (Å²) in [7, 11) is -6.51.